The second-order valence-corrected chi connectivity index (χ2v) is 10.0. The van der Waals surface area contributed by atoms with Gasteiger partial charge in [0.05, 0.1) is 10.2 Å². The molecule has 0 aliphatic carbocycles. The predicted octanol–water partition coefficient (Wildman–Crippen LogP) is 9.89. The fourth-order valence-corrected chi connectivity index (χ4v) is 4.54. The monoisotopic (exact) mass is 648 g/mol. The molecule has 0 spiro atoms. The molecular weight excluding hydrogens is 636 g/mol. The molecule has 150 valence electrons. The van der Waals surface area contributed by atoms with Crippen LogP contribution in [0.4, 0.5) is 22.7 Å². The lowest BCUT2D eigenvalue weighted by Gasteiger charge is -2.14. The van der Waals surface area contributed by atoms with Gasteiger partial charge in [0.25, 0.3) is 0 Å². The van der Waals surface area contributed by atoms with E-state index in [0.717, 1.165) is 51.8 Å². The summed E-state index contributed by atoms with van der Waals surface area (Å²) in [6.07, 6.45) is 0. The average Bonchev–Trinajstić information content (AvgIpc) is 2.75. The number of nitrogens with one attached hydrogen (secondary N) is 2. The van der Waals surface area contributed by atoms with Gasteiger partial charge < -0.3 is 10.6 Å². The summed E-state index contributed by atoms with van der Waals surface area (Å²) in [7, 11) is 0. The van der Waals surface area contributed by atoms with Gasteiger partial charge >= 0.3 is 0 Å². The van der Waals surface area contributed by atoms with Crippen LogP contribution in [0.3, 0.4) is 0 Å². The van der Waals surface area contributed by atoms with Crippen molar-refractivity contribution in [1.82, 2.24) is 0 Å². The Bertz CT molecular complexity index is 1160. The summed E-state index contributed by atoms with van der Waals surface area (Å²) in [6.45, 7) is 0. The van der Waals surface area contributed by atoms with Crippen molar-refractivity contribution in [1.29, 1.82) is 0 Å². The maximum absolute atomic E-state index is 3.76. The Labute approximate surface area is 209 Å². The van der Waals surface area contributed by atoms with Crippen LogP contribution in [-0.2, 0) is 0 Å². The lowest BCUT2D eigenvalue weighted by Crippen LogP contribution is -1.93. The van der Waals surface area contributed by atoms with Crippen LogP contribution in [0.25, 0.3) is 11.1 Å². The van der Waals surface area contributed by atoms with Crippen molar-refractivity contribution in [3.63, 3.8) is 0 Å². The predicted molar refractivity (Wildman–Crippen MR) is 142 cm³/mol. The average molecular weight is 652 g/mol. The van der Waals surface area contributed by atoms with Crippen molar-refractivity contribution < 1.29 is 0 Å². The number of rotatable bonds is 5. The van der Waals surface area contributed by atoms with Crippen molar-refractivity contribution in [2.24, 2.45) is 0 Å². The Morgan fingerprint density at radius 2 is 0.900 bits per heavy atom. The highest BCUT2D eigenvalue weighted by Crippen LogP contribution is 2.40. The normalized spacial score (nSPS) is 10.7. The molecule has 0 saturated heterocycles. The highest BCUT2D eigenvalue weighted by Gasteiger charge is 2.11. The first kappa shape index (κ1) is 21.6. The second kappa shape index (κ2) is 9.69. The molecule has 30 heavy (non-hydrogen) atoms. The molecule has 0 fully saturated rings. The Kier molecular flexibility index (Phi) is 6.98. The molecule has 6 heteroatoms. The molecule has 2 nitrogen and oxygen atoms in total. The molecule has 2 N–H and O–H groups in total. The number of halogens is 4. The molecule has 4 aromatic rings. The van der Waals surface area contributed by atoms with E-state index in [-0.39, 0.29) is 0 Å². The summed E-state index contributed by atoms with van der Waals surface area (Å²) in [4.78, 5) is 0. The van der Waals surface area contributed by atoms with E-state index in [1.807, 2.05) is 48.5 Å². The first-order valence-electron chi connectivity index (χ1n) is 9.13. The highest BCUT2D eigenvalue weighted by molar-refractivity contribution is 9.13. The SMILES string of the molecule is Brc1ccc(Nc2ccc(-c3ccc(Nc4ccc(Br)cc4)c(Br)c3Br)cc2)cc1. The standard InChI is InChI=1S/C24H16Br4N2/c25-16-3-9-19(10-4-16)29-18-7-1-15(2-8-18)21-13-14-22(24(28)23(21)27)30-20-11-5-17(26)6-12-20/h1-14,29-30H. The lowest BCUT2D eigenvalue weighted by molar-refractivity contribution is 1.48. The van der Waals surface area contributed by atoms with Gasteiger partial charge in [-0.15, -0.1) is 0 Å². The Hall–Kier alpha value is -1.60. The Morgan fingerprint density at radius 3 is 1.43 bits per heavy atom. The third-order valence-electron chi connectivity index (χ3n) is 4.53. The Morgan fingerprint density at radius 1 is 0.433 bits per heavy atom. The molecule has 0 radical (unpaired) electrons. The van der Waals surface area contributed by atoms with E-state index in [1.54, 1.807) is 0 Å². The molecule has 0 aromatic heterocycles. The smallest absolute Gasteiger partial charge is 0.0558 e. The molecule has 0 unspecified atom stereocenters. The fraction of sp³-hybridized carbons (Fsp3) is 0. The van der Waals surface area contributed by atoms with Crippen molar-refractivity contribution in [2.75, 3.05) is 10.6 Å². The van der Waals surface area contributed by atoms with E-state index < -0.39 is 0 Å². The summed E-state index contributed by atoms with van der Waals surface area (Å²) >= 11 is 14.4. The van der Waals surface area contributed by atoms with Gasteiger partial charge in [0.15, 0.2) is 0 Å². The largest absolute Gasteiger partial charge is 0.356 e. The van der Waals surface area contributed by atoms with Gasteiger partial charge in [-0.3, -0.25) is 0 Å². The molecule has 0 amide bonds. The molecule has 0 aliphatic heterocycles. The molecule has 0 bridgehead atoms. The van der Waals surface area contributed by atoms with Gasteiger partial charge in [0, 0.05) is 30.5 Å². The molecule has 4 aromatic carbocycles. The van der Waals surface area contributed by atoms with E-state index in [4.69, 9.17) is 0 Å². The van der Waals surface area contributed by atoms with E-state index in [0.29, 0.717) is 0 Å². The Balaban J connectivity index is 1.54. The first-order valence-corrected chi connectivity index (χ1v) is 12.3. The minimum Gasteiger partial charge on any atom is -0.356 e. The van der Waals surface area contributed by atoms with Gasteiger partial charge in [-0.2, -0.15) is 0 Å². The van der Waals surface area contributed by atoms with Crippen LogP contribution in [-0.4, -0.2) is 0 Å². The maximum Gasteiger partial charge on any atom is 0.0558 e. The topological polar surface area (TPSA) is 24.1 Å². The third-order valence-corrected chi connectivity index (χ3v) is 7.77. The number of hydrogen-bond acceptors (Lipinski definition) is 2. The van der Waals surface area contributed by atoms with Gasteiger partial charge in [-0.1, -0.05) is 50.1 Å². The van der Waals surface area contributed by atoms with Crippen LogP contribution in [0.5, 0.6) is 0 Å². The van der Waals surface area contributed by atoms with Crippen LogP contribution in [0.15, 0.2) is 103 Å². The van der Waals surface area contributed by atoms with Crippen LogP contribution in [0.2, 0.25) is 0 Å². The zero-order chi connectivity index (χ0) is 21.1. The minimum atomic E-state index is 0.986. The third kappa shape index (κ3) is 5.17. The molecule has 4 rings (SSSR count). The van der Waals surface area contributed by atoms with Crippen LogP contribution in [0, 0.1) is 0 Å². The quantitative estimate of drug-likeness (QED) is 0.225. The van der Waals surface area contributed by atoms with Gasteiger partial charge in [-0.05, 0) is 110 Å². The maximum atomic E-state index is 3.76. The summed E-state index contributed by atoms with van der Waals surface area (Å²) in [5.74, 6) is 0. The van der Waals surface area contributed by atoms with Crippen LogP contribution in [0.1, 0.15) is 0 Å². The minimum absolute atomic E-state index is 0.986. The molecule has 0 aliphatic rings. The van der Waals surface area contributed by atoms with Gasteiger partial charge in [-0.25, -0.2) is 0 Å². The van der Waals surface area contributed by atoms with E-state index >= 15 is 0 Å². The van der Waals surface area contributed by atoms with E-state index in [2.05, 4.69) is 111 Å². The van der Waals surface area contributed by atoms with Crippen molar-refractivity contribution in [3.05, 3.63) is 103 Å². The van der Waals surface area contributed by atoms with Gasteiger partial charge in [0.2, 0.25) is 0 Å². The van der Waals surface area contributed by atoms with Crippen LogP contribution < -0.4 is 10.6 Å². The van der Waals surface area contributed by atoms with Crippen molar-refractivity contribution in [3.8, 4) is 11.1 Å². The van der Waals surface area contributed by atoms with E-state index in [1.165, 1.54) is 0 Å². The summed E-state index contributed by atoms with van der Waals surface area (Å²) in [6, 6.07) is 28.9. The summed E-state index contributed by atoms with van der Waals surface area (Å²) < 4.78 is 4.12. The fourth-order valence-electron chi connectivity index (χ4n) is 2.99. The molecule has 0 atom stereocenters. The zero-order valence-corrected chi connectivity index (χ0v) is 21.9. The lowest BCUT2D eigenvalue weighted by atomic mass is 10.0. The zero-order valence-electron chi connectivity index (χ0n) is 15.6. The van der Waals surface area contributed by atoms with E-state index in [9.17, 15) is 0 Å². The van der Waals surface area contributed by atoms with Crippen molar-refractivity contribution >= 4 is 86.5 Å². The first-order chi connectivity index (χ1) is 14.5. The number of benzene rings is 4. The molecule has 0 heterocycles. The second-order valence-electron chi connectivity index (χ2n) is 6.63. The summed E-state index contributed by atoms with van der Waals surface area (Å²) in [5, 5.41) is 6.87. The molecular formula is C24H16Br4N2. The van der Waals surface area contributed by atoms with Gasteiger partial charge in [0.1, 0.15) is 0 Å². The molecule has 0 saturated carbocycles. The highest BCUT2D eigenvalue weighted by atomic mass is 79.9. The summed E-state index contributed by atoms with van der Waals surface area (Å²) in [5.41, 5.74) is 6.39. The number of anilines is 4. The van der Waals surface area contributed by atoms with Crippen LogP contribution >= 0.6 is 63.7 Å². The number of hydrogen-bond donors (Lipinski definition) is 2. The van der Waals surface area contributed by atoms with Crippen molar-refractivity contribution in [2.45, 2.75) is 0 Å².